The van der Waals surface area contributed by atoms with Gasteiger partial charge in [0.25, 0.3) is 5.91 Å². The lowest BCUT2D eigenvalue weighted by Gasteiger charge is -2.16. The second-order valence-corrected chi connectivity index (χ2v) is 4.22. The largest absolute Gasteiger partial charge is 0.467 e. The summed E-state index contributed by atoms with van der Waals surface area (Å²) in [6.45, 7) is 5.43. The Morgan fingerprint density at radius 3 is 2.68 bits per heavy atom. The fraction of sp³-hybridized carbons (Fsp3) is 0.286. The number of carbonyl (C=O) groups is 2. The Balaban J connectivity index is 2.81. The zero-order valence-corrected chi connectivity index (χ0v) is 10.9. The molecule has 0 bridgehead atoms. The molecule has 1 aromatic rings. The lowest BCUT2D eigenvalue weighted by Crippen LogP contribution is -2.41. The molecule has 1 rings (SSSR count). The highest BCUT2D eigenvalue weighted by atomic mass is 19.1. The van der Waals surface area contributed by atoms with Crippen molar-refractivity contribution in [2.45, 2.75) is 19.4 Å². The van der Waals surface area contributed by atoms with Gasteiger partial charge in [0, 0.05) is 5.56 Å². The number of carbonyl (C=O) groups excluding carboxylic acids is 2. The van der Waals surface area contributed by atoms with Crippen LogP contribution in [0.25, 0.3) is 0 Å². The van der Waals surface area contributed by atoms with E-state index in [4.69, 9.17) is 0 Å². The van der Waals surface area contributed by atoms with Gasteiger partial charge in [0.15, 0.2) is 0 Å². The minimum absolute atomic E-state index is 0.149. The fourth-order valence-corrected chi connectivity index (χ4v) is 1.56. The van der Waals surface area contributed by atoms with Crippen LogP contribution in [-0.4, -0.2) is 25.0 Å². The molecular formula is C14H16FNO3. The Kier molecular flexibility index (Phi) is 5.23. The summed E-state index contributed by atoms with van der Waals surface area (Å²) in [5.41, 5.74) is 0.880. The summed E-state index contributed by atoms with van der Waals surface area (Å²) in [7, 11) is 1.24. The lowest BCUT2D eigenvalue weighted by atomic mass is 10.1. The number of amides is 1. The number of esters is 1. The van der Waals surface area contributed by atoms with Gasteiger partial charge >= 0.3 is 5.97 Å². The molecule has 19 heavy (non-hydrogen) atoms. The first-order valence-electron chi connectivity index (χ1n) is 5.72. The second-order valence-electron chi connectivity index (χ2n) is 4.22. The van der Waals surface area contributed by atoms with Crippen LogP contribution >= 0.6 is 0 Å². The minimum atomic E-state index is -0.821. The van der Waals surface area contributed by atoms with E-state index in [0.29, 0.717) is 0 Å². The molecule has 1 amide bonds. The Bertz CT molecular complexity index is 499. The van der Waals surface area contributed by atoms with E-state index in [1.54, 1.807) is 6.92 Å². The molecule has 0 aliphatic heterocycles. The third kappa shape index (κ3) is 4.54. The van der Waals surface area contributed by atoms with Crippen LogP contribution in [0.5, 0.6) is 0 Å². The van der Waals surface area contributed by atoms with Crippen LogP contribution < -0.4 is 5.32 Å². The highest BCUT2D eigenvalue weighted by Crippen LogP contribution is 2.07. The molecule has 0 aliphatic rings. The maximum atomic E-state index is 13.0. The smallest absolute Gasteiger partial charge is 0.328 e. The molecule has 1 N–H and O–H groups in total. The molecule has 4 nitrogen and oxygen atoms in total. The van der Waals surface area contributed by atoms with Crippen LogP contribution in [0, 0.1) is 5.82 Å². The number of halogens is 1. The monoisotopic (exact) mass is 265 g/mol. The standard InChI is InChI=1S/C14H16FNO3/c1-9(2)7-12(14(18)19-3)16-13(17)10-5-4-6-11(15)8-10/h4-6,8,12H,1,7H2,2-3H3,(H,16,17)/t12-/m1/s1. The quantitative estimate of drug-likeness (QED) is 0.655. The summed E-state index contributed by atoms with van der Waals surface area (Å²) in [6, 6.07) is 4.41. The molecule has 0 saturated carbocycles. The first-order chi connectivity index (χ1) is 8.93. The van der Waals surface area contributed by atoms with Crippen molar-refractivity contribution in [1.29, 1.82) is 0 Å². The Labute approximate surface area is 111 Å². The van der Waals surface area contributed by atoms with E-state index in [1.165, 1.54) is 25.3 Å². The first kappa shape index (κ1) is 14.9. The van der Waals surface area contributed by atoms with Crippen LogP contribution in [0.15, 0.2) is 36.4 Å². The Morgan fingerprint density at radius 2 is 2.16 bits per heavy atom. The van der Waals surface area contributed by atoms with Crippen molar-refractivity contribution in [3.05, 3.63) is 47.8 Å². The average molecular weight is 265 g/mol. The molecule has 0 aliphatic carbocycles. The van der Waals surface area contributed by atoms with Gasteiger partial charge < -0.3 is 10.1 Å². The molecule has 0 heterocycles. The summed E-state index contributed by atoms with van der Waals surface area (Å²) in [5, 5.41) is 2.50. The van der Waals surface area contributed by atoms with Gasteiger partial charge in [-0.25, -0.2) is 9.18 Å². The van der Waals surface area contributed by atoms with Gasteiger partial charge in [-0.15, -0.1) is 6.58 Å². The number of benzene rings is 1. The van der Waals surface area contributed by atoms with Crippen LogP contribution in [0.1, 0.15) is 23.7 Å². The number of nitrogens with one attached hydrogen (secondary N) is 1. The van der Waals surface area contributed by atoms with Gasteiger partial charge in [0.1, 0.15) is 11.9 Å². The van der Waals surface area contributed by atoms with E-state index in [2.05, 4.69) is 16.6 Å². The highest BCUT2D eigenvalue weighted by molar-refractivity contribution is 5.96. The summed E-state index contributed by atoms with van der Waals surface area (Å²) in [4.78, 5) is 23.4. The maximum absolute atomic E-state index is 13.0. The van der Waals surface area contributed by atoms with Crippen molar-refractivity contribution in [2.24, 2.45) is 0 Å². The van der Waals surface area contributed by atoms with Gasteiger partial charge in [-0.1, -0.05) is 11.6 Å². The zero-order valence-electron chi connectivity index (χ0n) is 10.9. The number of methoxy groups -OCH3 is 1. The van der Waals surface area contributed by atoms with Gasteiger partial charge in [0.05, 0.1) is 7.11 Å². The summed E-state index contributed by atoms with van der Waals surface area (Å²) in [5.74, 6) is -1.61. The van der Waals surface area contributed by atoms with Crippen LogP contribution in [-0.2, 0) is 9.53 Å². The predicted octanol–water partition coefficient (Wildman–Crippen LogP) is 2.06. The Morgan fingerprint density at radius 1 is 1.47 bits per heavy atom. The number of hydrogen-bond acceptors (Lipinski definition) is 3. The molecule has 0 saturated heterocycles. The van der Waals surface area contributed by atoms with Crippen molar-refractivity contribution in [3.8, 4) is 0 Å². The van der Waals surface area contributed by atoms with E-state index in [0.717, 1.165) is 11.6 Å². The lowest BCUT2D eigenvalue weighted by molar-refractivity contribution is -0.142. The molecule has 0 radical (unpaired) electrons. The molecule has 0 fully saturated rings. The van der Waals surface area contributed by atoms with E-state index < -0.39 is 23.7 Å². The van der Waals surface area contributed by atoms with Crippen LogP contribution in [0.2, 0.25) is 0 Å². The van der Waals surface area contributed by atoms with E-state index in [1.807, 2.05) is 0 Å². The molecule has 1 atom stereocenters. The molecule has 0 unspecified atom stereocenters. The van der Waals surface area contributed by atoms with Gasteiger partial charge in [-0.3, -0.25) is 4.79 Å². The topological polar surface area (TPSA) is 55.4 Å². The fourth-order valence-electron chi connectivity index (χ4n) is 1.56. The zero-order chi connectivity index (χ0) is 14.4. The SMILES string of the molecule is C=C(C)C[C@@H](NC(=O)c1cccc(F)c1)C(=O)OC. The first-order valence-corrected chi connectivity index (χ1v) is 5.72. The van der Waals surface area contributed by atoms with Crippen molar-refractivity contribution in [2.75, 3.05) is 7.11 Å². The molecule has 1 aromatic carbocycles. The van der Waals surface area contributed by atoms with Crippen molar-refractivity contribution >= 4 is 11.9 Å². The van der Waals surface area contributed by atoms with Crippen molar-refractivity contribution < 1.29 is 18.7 Å². The molecule has 5 heteroatoms. The van der Waals surface area contributed by atoms with Crippen LogP contribution in [0.3, 0.4) is 0 Å². The van der Waals surface area contributed by atoms with Crippen molar-refractivity contribution in [3.63, 3.8) is 0 Å². The summed E-state index contributed by atoms with van der Waals surface area (Å²) < 4.78 is 17.6. The molecule has 0 aromatic heterocycles. The second kappa shape index (κ2) is 6.68. The van der Waals surface area contributed by atoms with E-state index >= 15 is 0 Å². The highest BCUT2D eigenvalue weighted by Gasteiger charge is 2.22. The minimum Gasteiger partial charge on any atom is -0.467 e. The number of hydrogen-bond donors (Lipinski definition) is 1. The predicted molar refractivity (Wildman–Crippen MR) is 69.1 cm³/mol. The maximum Gasteiger partial charge on any atom is 0.328 e. The third-order valence-electron chi connectivity index (χ3n) is 2.43. The van der Waals surface area contributed by atoms with Gasteiger partial charge in [-0.05, 0) is 31.5 Å². The van der Waals surface area contributed by atoms with Gasteiger partial charge in [0.2, 0.25) is 0 Å². The molecular weight excluding hydrogens is 249 g/mol. The summed E-state index contributed by atoms with van der Waals surface area (Å²) >= 11 is 0. The Hall–Kier alpha value is -2.17. The molecule has 0 spiro atoms. The number of rotatable bonds is 5. The normalized spacial score (nSPS) is 11.5. The summed E-state index contributed by atoms with van der Waals surface area (Å²) in [6.07, 6.45) is 0.272. The average Bonchev–Trinajstić information content (AvgIpc) is 2.36. The van der Waals surface area contributed by atoms with E-state index in [9.17, 15) is 14.0 Å². The van der Waals surface area contributed by atoms with Crippen LogP contribution in [0.4, 0.5) is 4.39 Å². The number of ether oxygens (including phenoxy) is 1. The van der Waals surface area contributed by atoms with Crippen molar-refractivity contribution in [1.82, 2.24) is 5.32 Å². The molecule has 102 valence electrons. The van der Waals surface area contributed by atoms with Gasteiger partial charge in [-0.2, -0.15) is 0 Å². The van der Waals surface area contributed by atoms with E-state index in [-0.39, 0.29) is 12.0 Å². The third-order valence-corrected chi connectivity index (χ3v) is 2.43.